The van der Waals surface area contributed by atoms with Crippen molar-refractivity contribution in [3.8, 4) is 0 Å². The van der Waals surface area contributed by atoms with Crippen LogP contribution in [-0.4, -0.2) is 43.1 Å². The average Bonchev–Trinajstić information content (AvgIpc) is 3.30. The lowest BCUT2D eigenvalue weighted by molar-refractivity contribution is -0.213. The Morgan fingerprint density at radius 1 is 0.977 bits per heavy atom. The number of carbonyl (C=O) groups excluding carboxylic acids is 2. The highest BCUT2D eigenvalue weighted by Crippen LogP contribution is 2.67. The van der Waals surface area contributed by atoms with Gasteiger partial charge in [-0.1, -0.05) is 65.5 Å². The number of hydrogen-bond donors (Lipinski definition) is 0. The molecular formula is C37H58O6. The lowest BCUT2D eigenvalue weighted by atomic mass is 9.47. The van der Waals surface area contributed by atoms with Crippen molar-refractivity contribution in [3.63, 3.8) is 0 Å². The van der Waals surface area contributed by atoms with Crippen LogP contribution in [0, 0.1) is 46.3 Å². The normalized spacial score (nSPS) is 41.1. The first-order valence-corrected chi connectivity index (χ1v) is 17.4. The maximum Gasteiger partial charge on any atom is 0.303 e. The zero-order chi connectivity index (χ0) is 30.9. The van der Waals surface area contributed by atoms with Gasteiger partial charge in [0, 0.05) is 13.8 Å². The monoisotopic (exact) mass is 598 g/mol. The summed E-state index contributed by atoms with van der Waals surface area (Å²) in [6.07, 6.45) is 18.7. The summed E-state index contributed by atoms with van der Waals surface area (Å²) in [6, 6.07) is 0. The molecule has 3 fully saturated rings. The molecular weight excluding hydrogens is 540 g/mol. The number of rotatable bonds is 10. The van der Waals surface area contributed by atoms with E-state index >= 15 is 0 Å². The molecule has 1 heterocycles. The lowest BCUT2D eigenvalue weighted by Crippen LogP contribution is -2.51. The summed E-state index contributed by atoms with van der Waals surface area (Å²) in [5, 5.41) is 0. The van der Waals surface area contributed by atoms with Gasteiger partial charge in [-0.2, -0.15) is 0 Å². The summed E-state index contributed by atoms with van der Waals surface area (Å²) in [7, 11) is 0. The molecule has 43 heavy (non-hydrogen) atoms. The van der Waals surface area contributed by atoms with Crippen LogP contribution in [0.4, 0.5) is 0 Å². The molecule has 4 aliphatic carbocycles. The van der Waals surface area contributed by atoms with Gasteiger partial charge in [-0.3, -0.25) is 9.59 Å². The Hall–Kier alpha value is -1.66. The molecule has 3 unspecified atom stereocenters. The van der Waals surface area contributed by atoms with Crippen LogP contribution in [0.2, 0.25) is 0 Å². The summed E-state index contributed by atoms with van der Waals surface area (Å²) in [5.74, 6) is 4.24. The second-order valence-electron chi connectivity index (χ2n) is 15.6. The second-order valence-corrected chi connectivity index (χ2v) is 15.6. The SMILES string of the molecule is CC(=O)OCC1OC(O[C@H]2CC[C@@]3(C)C(=CC[C@H]4[C@@H]5CC[C@H]([C@H](C)CCCC(C)C)[C@@]5(C)CC[C@@H]43)C2)C=CC1OC(C)=O. The highest BCUT2D eigenvalue weighted by atomic mass is 16.7. The minimum atomic E-state index is -0.598. The van der Waals surface area contributed by atoms with Crippen LogP contribution < -0.4 is 0 Å². The van der Waals surface area contributed by atoms with Gasteiger partial charge in [-0.25, -0.2) is 0 Å². The zero-order valence-corrected chi connectivity index (χ0v) is 27.9. The van der Waals surface area contributed by atoms with Crippen LogP contribution in [0.1, 0.15) is 119 Å². The van der Waals surface area contributed by atoms with E-state index in [9.17, 15) is 9.59 Å². The molecule has 0 aromatic rings. The van der Waals surface area contributed by atoms with E-state index in [2.05, 4.69) is 40.7 Å². The fraction of sp³-hybridized carbons (Fsp3) is 0.838. The molecule has 3 saturated carbocycles. The Balaban J connectivity index is 1.21. The lowest BCUT2D eigenvalue weighted by Gasteiger charge is -2.58. The molecule has 0 aromatic heterocycles. The third-order valence-corrected chi connectivity index (χ3v) is 12.5. The molecule has 0 spiro atoms. The topological polar surface area (TPSA) is 71.1 Å². The van der Waals surface area contributed by atoms with Crippen molar-refractivity contribution in [2.75, 3.05) is 6.61 Å². The van der Waals surface area contributed by atoms with Crippen LogP contribution in [0.25, 0.3) is 0 Å². The molecule has 242 valence electrons. The van der Waals surface area contributed by atoms with E-state index in [4.69, 9.17) is 18.9 Å². The van der Waals surface area contributed by atoms with Crippen LogP contribution >= 0.6 is 0 Å². The van der Waals surface area contributed by atoms with Gasteiger partial charge in [0.2, 0.25) is 0 Å². The number of esters is 2. The quantitative estimate of drug-likeness (QED) is 0.187. The molecule has 0 N–H and O–H groups in total. The van der Waals surface area contributed by atoms with Crippen molar-refractivity contribution in [3.05, 3.63) is 23.8 Å². The molecule has 6 nitrogen and oxygen atoms in total. The van der Waals surface area contributed by atoms with Crippen LogP contribution in [-0.2, 0) is 28.5 Å². The third-order valence-electron chi connectivity index (χ3n) is 12.5. The number of fused-ring (bicyclic) bond motifs is 5. The maximum absolute atomic E-state index is 11.6. The fourth-order valence-corrected chi connectivity index (χ4v) is 10.3. The Bertz CT molecular complexity index is 1060. The second kappa shape index (κ2) is 13.4. The van der Waals surface area contributed by atoms with E-state index in [1.54, 1.807) is 11.6 Å². The molecule has 1 aliphatic heterocycles. The predicted octanol–water partition coefficient (Wildman–Crippen LogP) is 8.19. The molecule has 0 aromatic carbocycles. The highest BCUT2D eigenvalue weighted by Gasteiger charge is 2.59. The number of allylic oxidation sites excluding steroid dienone is 1. The van der Waals surface area contributed by atoms with Gasteiger partial charge in [0.1, 0.15) is 18.8 Å². The first kappa shape index (κ1) is 32.7. The van der Waals surface area contributed by atoms with Gasteiger partial charge in [-0.05, 0) is 110 Å². The van der Waals surface area contributed by atoms with Gasteiger partial charge in [0.05, 0.1) is 6.10 Å². The molecule has 0 saturated heterocycles. The van der Waals surface area contributed by atoms with E-state index in [0.717, 1.165) is 54.8 Å². The fourth-order valence-electron chi connectivity index (χ4n) is 10.3. The summed E-state index contributed by atoms with van der Waals surface area (Å²) >= 11 is 0. The number of carbonyl (C=O) groups is 2. The number of hydrogen-bond acceptors (Lipinski definition) is 6. The summed E-state index contributed by atoms with van der Waals surface area (Å²) in [6.45, 7) is 15.3. The first-order chi connectivity index (χ1) is 20.4. The molecule has 6 heteroatoms. The minimum absolute atomic E-state index is 0.0199. The van der Waals surface area contributed by atoms with Gasteiger partial charge in [0.25, 0.3) is 0 Å². The standard InChI is InChI=1S/C37H58O6/c1-23(2)9-8-10-24(3)30-13-14-31-29-12-11-27-21-28(17-19-36(27,6)32(29)18-20-37(30,31)7)42-35-16-15-33(41-26(5)39)34(43-35)22-40-25(4)38/h11,15-16,23-24,28-35H,8-10,12-14,17-22H2,1-7H3/t24-,28+,29+,30-,31+,32+,33?,34?,35?,36+,37-/m1/s1. The van der Waals surface area contributed by atoms with Crippen molar-refractivity contribution in [1.82, 2.24) is 0 Å². The highest BCUT2D eigenvalue weighted by molar-refractivity contribution is 5.66. The van der Waals surface area contributed by atoms with Gasteiger partial charge in [-0.15, -0.1) is 0 Å². The van der Waals surface area contributed by atoms with Crippen LogP contribution in [0.3, 0.4) is 0 Å². The molecule has 0 amide bonds. The van der Waals surface area contributed by atoms with E-state index in [0.29, 0.717) is 5.41 Å². The zero-order valence-electron chi connectivity index (χ0n) is 27.9. The Morgan fingerprint density at radius 3 is 2.49 bits per heavy atom. The Labute approximate surface area is 260 Å². The van der Waals surface area contributed by atoms with Crippen molar-refractivity contribution < 1.29 is 28.5 Å². The first-order valence-electron chi connectivity index (χ1n) is 17.4. The van der Waals surface area contributed by atoms with Crippen molar-refractivity contribution in [2.45, 2.75) is 144 Å². The largest absolute Gasteiger partial charge is 0.463 e. The van der Waals surface area contributed by atoms with Crippen molar-refractivity contribution in [1.29, 1.82) is 0 Å². The molecule has 0 bridgehead atoms. The summed E-state index contributed by atoms with van der Waals surface area (Å²) in [5.41, 5.74) is 2.38. The van der Waals surface area contributed by atoms with E-state index in [1.807, 2.05) is 6.08 Å². The molecule has 5 rings (SSSR count). The smallest absolute Gasteiger partial charge is 0.303 e. The van der Waals surface area contributed by atoms with Crippen molar-refractivity contribution >= 4 is 11.9 Å². The molecule has 0 radical (unpaired) electrons. The van der Waals surface area contributed by atoms with E-state index in [1.165, 1.54) is 65.2 Å². The van der Waals surface area contributed by atoms with Gasteiger partial charge < -0.3 is 18.9 Å². The van der Waals surface area contributed by atoms with Crippen LogP contribution in [0.5, 0.6) is 0 Å². The molecule has 11 atom stereocenters. The summed E-state index contributed by atoms with van der Waals surface area (Å²) < 4.78 is 23.2. The Kier molecular flexibility index (Phi) is 10.2. The Morgan fingerprint density at radius 2 is 1.77 bits per heavy atom. The summed E-state index contributed by atoms with van der Waals surface area (Å²) in [4.78, 5) is 23.0. The van der Waals surface area contributed by atoms with Gasteiger partial charge in [0.15, 0.2) is 6.29 Å². The molecule has 5 aliphatic rings. The predicted molar refractivity (Wildman–Crippen MR) is 168 cm³/mol. The van der Waals surface area contributed by atoms with Crippen molar-refractivity contribution in [2.24, 2.45) is 46.3 Å². The number of ether oxygens (including phenoxy) is 4. The van der Waals surface area contributed by atoms with Gasteiger partial charge >= 0.3 is 11.9 Å². The average molecular weight is 599 g/mol. The third kappa shape index (κ3) is 6.95. The minimum Gasteiger partial charge on any atom is -0.463 e. The van der Waals surface area contributed by atoms with Crippen LogP contribution in [0.15, 0.2) is 23.8 Å². The van der Waals surface area contributed by atoms with E-state index in [-0.39, 0.29) is 18.1 Å². The maximum atomic E-state index is 11.6. The van der Waals surface area contributed by atoms with E-state index < -0.39 is 30.4 Å².